The van der Waals surface area contributed by atoms with Gasteiger partial charge in [-0.15, -0.1) is 0 Å². The Bertz CT molecular complexity index is 709. The molecule has 0 spiro atoms. The normalized spacial score (nSPS) is 16.3. The van der Waals surface area contributed by atoms with Crippen molar-refractivity contribution in [1.82, 2.24) is 4.90 Å². The molecule has 1 heterocycles. The molecule has 1 saturated heterocycles. The average molecular weight is 388 g/mol. The zero-order valence-electron chi connectivity index (χ0n) is 14.5. The number of ether oxygens (including phenoxy) is 1. The molecule has 0 radical (unpaired) electrons. The average Bonchev–Trinajstić information content (AvgIpc) is 2.54. The van der Waals surface area contributed by atoms with Gasteiger partial charge in [0.1, 0.15) is 6.61 Å². The molecule has 1 aliphatic heterocycles. The van der Waals surface area contributed by atoms with E-state index in [-0.39, 0.29) is 18.2 Å². The second kappa shape index (κ2) is 8.35. The fourth-order valence-corrected chi connectivity index (χ4v) is 2.65. The van der Waals surface area contributed by atoms with E-state index in [4.69, 9.17) is 10.5 Å². The zero-order valence-corrected chi connectivity index (χ0v) is 14.5. The molecule has 1 aromatic carbocycles. The molecule has 0 bridgehead atoms. The number of rotatable bonds is 6. The number of alkyl halides is 3. The number of nitrogens with one attached hydrogen (secondary N) is 1. The predicted molar refractivity (Wildman–Crippen MR) is 89.9 cm³/mol. The van der Waals surface area contributed by atoms with Crippen LogP contribution in [-0.4, -0.2) is 68.2 Å². The van der Waals surface area contributed by atoms with Crippen LogP contribution in [0.15, 0.2) is 24.3 Å². The smallest absolute Gasteiger partial charge is 0.370 e. The van der Waals surface area contributed by atoms with Crippen LogP contribution in [0.2, 0.25) is 0 Å². The maximum atomic E-state index is 12.5. The molecular weight excluding hydrogens is 369 g/mol. The summed E-state index contributed by atoms with van der Waals surface area (Å²) in [6.07, 6.45) is -4.59. The highest BCUT2D eigenvalue weighted by molar-refractivity contribution is 6.09. The molecule has 0 unspecified atom stereocenters. The number of nitrogens with two attached hydrogens (primary N) is 1. The van der Waals surface area contributed by atoms with E-state index in [1.165, 1.54) is 17.0 Å². The SMILES string of the molecule is CN(CC(F)(F)F)[C@H](C(N)=O)C(=O)Nc1ccc(N2CCOCC2=O)cc1. The van der Waals surface area contributed by atoms with Crippen molar-refractivity contribution in [1.29, 1.82) is 0 Å². The number of carbonyl (C=O) groups excluding carboxylic acids is 3. The summed E-state index contributed by atoms with van der Waals surface area (Å²) in [5.41, 5.74) is 5.91. The van der Waals surface area contributed by atoms with Gasteiger partial charge in [-0.3, -0.25) is 19.3 Å². The van der Waals surface area contributed by atoms with Crippen molar-refractivity contribution in [2.24, 2.45) is 5.73 Å². The highest BCUT2D eigenvalue weighted by Gasteiger charge is 2.37. The standard InChI is InChI=1S/C16H19F3N4O4/c1-22(9-16(17,18)19)13(14(20)25)15(26)21-10-2-4-11(5-3-10)23-6-7-27-8-12(23)24/h2-5,13H,6-9H2,1H3,(H2,20,25)(H,21,26)/t13-/m1/s1. The van der Waals surface area contributed by atoms with E-state index in [0.29, 0.717) is 23.7 Å². The third-order valence-electron chi connectivity index (χ3n) is 3.82. The number of benzene rings is 1. The topological polar surface area (TPSA) is 105 Å². The molecular formula is C16H19F3N4O4. The molecule has 3 N–H and O–H groups in total. The van der Waals surface area contributed by atoms with Crippen LogP contribution in [0.3, 0.4) is 0 Å². The third-order valence-corrected chi connectivity index (χ3v) is 3.82. The number of morpholine rings is 1. The van der Waals surface area contributed by atoms with Crippen LogP contribution in [0.5, 0.6) is 0 Å². The number of primary amides is 1. The Balaban J connectivity index is 2.06. The Morgan fingerprint density at radius 2 is 1.96 bits per heavy atom. The summed E-state index contributed by atoms with van der Waals surface area (Å²) in [4.78, 5) is 37.5. The Morgan fingerprint density at radius 3 is 2.48 bits per heavy atom. The second-order valence-corrected chi connectivity index (χ2v) is 5.97. The molecule has 2 rings (SSSR count). The maximum Gasteiger partial charge on any atom is 0.401 e. The monoisotopic (exact) mass is 388 g/mol. The minimum atomic E-state index is -4.59. The van der Waals surface area contributed by atoms with Gasteiger partial charge >= 0.3 is 6.18 Å². The highest BCUT2D eigenvalue weighted by Crippen LogP contribution is 2.21. The summed E-state index contributed by atoms with van der Waals surface area (Å²) >= 11 is 0. The van der Waals surface area contributed by atoms with Crippen LogP contribution in [0, 0.1) is 0 Å². The summed E-state index contributed by atoms with van der Waals surface area (Å²) in [7, 11) is 0.982. The summed E-state index contributed by atoms with van der Waals surface area (Å²) in [5, 5.41) is 2.35. The van der Waals surface area contributed by atoms with Crippen LogP contribution in [0.1, 0.15) is 0 Å². The number of likely N-dealkylation sites (N-methyl/N-ethyl adjacent to an activating group) is 1. The van der Waals surface area contributed by atoms with Gasteiger partial charge in [0.15, 0.2) is 6.04 Å². The van der Waals surface area contributed by atoms with Gasteiger partial charge in [-0.25, -0.2) is 0 Å². The van der Waals surface area contributed by atoms with Gasteiger partial charge in [-0.2, -0.15) is 13.2 Å². The quantitative estimate of drug-likeness (QED) is 0.684. The van der Waals surface area contributed by atoms with E-state index in [1.807, 2.05) is 0 Å². The Hall–Kier alpha value is -2.66. The molecule has 8 nitrogen and oxygen atoms in total. The number of nitrogens with zero attached hydrogens (tertiary/aromatic N) is 2. The number of amides is 3. The minimum absolute atomic E-state index is 0.0235. The van der Waals surface area contributed by atoms with Crippen molar-refractivity contribution in [2.45, 2.75) is 12.2 Å². The number of halogens is 3. The number of hydrogen-bond donors (Lipinski definition) is 2. The van der Waals surface area contributed by atoms with Gasteiger partial charge in [0.25, 0.3) is 11.8 Å². The zero-order chi connectivity index (χ0) is 20.2. The van der Waals surface area contributed by atoms with Crippen LogP contribution in [0.4, 0.5) is 24.5 Å². The number of hydrogen-bond acceptors (Lipinski definition) is 5. The van der Waals surface area contributed by atoms with Gasteiger partial charge in [0.2, 0.25) is 5.91 Å². The first-order chi connectivity index (χ1) is 12.6. The van der Waals surface area contributed by atoms with Gasteiger partial charge in [-0.05, 0) is 31.3 Å². The maximum absolute atomic E-state index is 12.5. The number of carbonyl (C=O) groups is 3. The van der Waals surface area contributed by atoms with Gasteiger partial charge in [0, 0.05) is 17.9 Å². The lowest BCUT2D eigenvalue weighted by Crippen LogP contribution is -2.52. The lowest BCUT2D eigenvalue weighted by molar-refractivity contribution is -0.154. The van der Waals surface area contributed by atoms with Crippen LogP contribution >= 0.6 is 0 Å². The van der Waals surface area contributed by atoms with Crippen LogP contribution < -0.4 is 16.0 Å². The molecule has 0 aliphatic carbocycles. The highest BCUT2D eigenvalue weighted by atomic mass is 19.4. The van der Waals surface area contributed by atoms with Crippen LogP contribution in [-0.2, 0) is 19.1 Å². The lowest BCUT2D eigenvalue weighted by atomic mass is 10.2. The first kappa shape index (κ1) is 20.6. The molecule has 1 aliphatic rings. The van der Waals surface area contributed by atoms with Crippen molar-refractivity contribution in [2.75, 3.05) is 43.6 Å². The Kier molecular flexibility index (Phi) is 6.39. The summed E-state index contributed by atoms with van der Waals surface area (Å²) in [6, 6.07) is 4.29. The predicted octanol–water partition coefficient (Wildman–Crippen LogP) is 0.336. The summed E-state index contributed by atoms with van der Waals surface area (Å²) in [6.45, 7) is -0.705. The van der Waals surface area contributed by atoms with Gasteiger partial charge < -0.3 is 20.7 Å². The van der Waals surface area contributed by atoms with Crippen molar-refractivity contribution in [3.8, 4) is 0 Å². The Labute approximate surface area is 153 Å². The van der Waals surface area contributed by atoms with E-state index >= 15 is 0 Å². The molecule has 0 aromatic heterocycles. The molecule has 148 valence electrons. The fourth-order valence-electron chi connectivity index (χ4n) is 2.65. The molecule has 0 saturated carbocycles. The van der Waals surface area contributed by atoms with Crippen molar-refractivity contribution < 1.29 is 32.3 Å². The van der Waals surface area contributed by atoms with Crippen molar-refractivity contribution in [3.63, 3.8) is 0 Å². The summed E-state index contributed by atoms with van der Waals surface area (Å²) in [5.74, 6) is -2.39. The first-order valence-electron chi connectivity index (χ1n) is 7.94. The molecule has 1 atom stereocenters. The van der Waals surface area contributed by atoms with E-state index in [9.17, 15) is 27.6 Å². The van der Waals surface area contributed by atoms with Crippen molar-refractivity contribution >= 4 is 29.1 Å². The van der Waals surface area contributed by atoms with E-state index < -0.39 is 30.6 Å². The van der Waals surface area contributed by atoms with E-state index in [1.54, 1.807) is 12.1 Å². The third kappa shape index (κ3) is 5.66. The lowest BCUT2D eigenvalue weighted by Gasteiger charge is -2.27. The molecule has 1 fully saturated rings. The van der Waals surface area contributed by atoms with Gasteiger partial charge in [-0.1, -0.05) is 0 Å². The van der Waals surface area contributed by atoms with Crippen LogP contribution in [0.25, 0.3) is 0 Å². The molecule has 27 heavy (non-hydrogen) atoms. The molecule has 11 heteroatoms. The van der Waals surface area contributed by atoms with Crippen molar-refractivity contribution in [3.05, 3.63) is 24.3 Å². The molecule has 1 aromatic rings. The molecule has 3 amide bonds. The van der Waals surface area contributed by atoms with E-state index in [0.717, 1.165) is 7.05 Å². The fraction of sp³-hybridized carbons (Fsp3) is 0.438. The van der Waals surface area contributed by atoms with Gasteiger partial charge in [0.05, 0.1) is 13.2 Å². The minimum Gasteiger partial charge on any atom is -0.370 e. The summed E-state index contributed by atoms with van der Waals surface area (Å²) < 4.78 is 42.6. The first-order valence-corrected chi connectivity index (χ1v) is 7.94. The largest absolute Gasteiger partial charge is 0.401 e. The van der Waals surface area contributed by atoms with E-state index in [2.05, 4.69) is 5.32 Å². The Morgan fingerprint density at radius 1 is 1.33 bits per heavy atom. The second-order valence-electron chi connectivity index (χ2n) is 5.97. The number of anilines is 2.